The van der Waals surface area contributed by atoms with Gasteiger partial charge in [0.05, 0.1) is 15.6 Å². The lowest BCUT2D eigenvalue weighted by Crippen LogP contribution is -2.14. The van der Waals surface area contributed by atoms with E-state index >= 15 is 0 Å². The summed E-state index contributed by atoms with van der Waals surface area (Å²) in [7, 11) is 0. The number of nitrogens with zero attached hydrogens (tertiary/aromatic N) is 1. The van der Waals surface area contributed by atoms with Crippen molar-refractivity contribution in [2.24, 2.45) is 0 Å². The van der Waals surface area contributed by atoms with Crippen LogP contribution in [0.4, 0.5) is 10.1 Å². The van der Waals surface area contributed by atoms with E-state index in [0.717, 1.165) is 0 Å². The van der Waals surface area contributed by atoms with Gasteiger partial charge in [-0.2, -0.15) is 4.39 Å². The van der Waals surface area contributed by atoms with E-state index in [1.54, 1.807) is 12.1 Å². The van der Waals surface area contributed by atoms with E-state index in [-0.39, 0.29) is 5.56 Å². The van der Waals surface area contributed by atoms with E-state index in [4.69, 9.17) is 23.2 Å². The summed E-state index contributed by atoms with van der Waals surface area (Å²) in [4.78, 5) is 15.2. The number of carbonyl (C=O) groups is 1. The molecule has 0 atom stereocenters. The number of benzene rings is 1. The van der Waals surface area contributed by atoms with Crippen molar-refractivity contribution in [3.63, 3.8) is 0 Å². The quantitative estimate of drug-likeness (QED) is 0.853. The van der Waals surface area contributed by atoms with Gasteiger partial charge in [0.25, 0.3) is 5.91 Å². The number of carbonyl (C=O) groups excluding carboxylic acids is 1. The first-order valence-electron chi connectivity index (χ1n) is 4.95. The number of halogens is 3. The standard InChI is InChI=1S/C12H7Cl2FN2O/c13-9-4-3-7(6-10(9)14)17-12(18)8-2-1-5-16-11(8)15/h1-6H,(H,17,18). The summed E-state index contributed by atoms with van der Waals surface area (Å²) in [6, 6.07) is 7.41. The number of pyridine rings is 1. The van der Waals surface area contributed by atoms with Gasteiger partial charge in [0.2, 0.25) is 5.95 Å². The van der Waals surface area contributed by atoms with E-state index in [0.29, 0.717) is 15.7 Å². The summed E-state index contributed by atoms with van der Waals surface area (Å²) >= 11 is 11.5. The SMILES string of the molecule is O=C(Nc1ccc(Cl)c(Cl)c1)c1cccnc1F. The van der Waals surface area contributed by atoms with Crippen LogP contribution in [-0.2, 0) is 0 Å². The van der Waals surface area contributed by atoms with Crippen LogP contribution in [0.15, 0.2) is 36.5 Å². The second-order valence-corrected chi connectivity index (χ2v) is 4.24. The molecular formula is C12H7Cl2FN2O. The summed E-state index contributed by atoms with van der Waals surface area (Å²) in [5, 5.41) is 3.19. The van der Waals surface area contributed by atoms with Crippen LogP contribution >= 0.6 is 23.2 Å². The van der Waals surface area contributed by atoms with E-state index in [9.17, 15) is 9.18 Å². The number of anilines is 1. The number of amides is 1. The molecule has 0 radical (unpaired) electrons. The smallest absolute Gasteiger partial charge is 0.260 e. The molecule has 92 valence electrons. The number of hydrogen-bond acceptors (Lipinski definition) is 2. The van der Waals surface area contributed by atoms with Gasteiger partial charge in [-0.05, 0) is 30.3 Å². The second-order valence-electron chi connectivity index (χ2n) is 3.42. The number of nitrogens with one attached hydrogen (secondary N) is 1. The maximum atomic E-state index is 13.3. The van der Waals surface area contributed by atoms with Crippen molar-refractivity contribution >= 4 is 34.8 Å². The molecule has 2 rings (SSSR count). The van der Waals surface area contributed by atoms with Crippen LogP contribution in [-0.4, -0.2) is 10.9 Å². The van der Waals surface area contributed by atoms with E-state index < -0.39 is 11.9 Å². The normalized spacial score (nSPS) is 10.2. The molecule has 3 nitrogen and oxygen atoms in total. The van der Waals surface area contributed by atoms with Crippen molar-refractivity contribution < 1.29 is 9.18 Å². The van der Waals surface area contributed by atoms with Crippen LogP contribution in [0.5, 0.6) is 0 Å². The fraction of sp³-hybridized carbons (Fsp3) is 0. The topological polar surface area (TPSA) is 42.0 Å². The minimum Gasteiger partial charge on any atom is -0.322 e. The summed E-state index contributed by atoms with van der Waals surface area (Å²) in [5.74, 6) is -1.42. The maximum absolute atomic E-state index is 13.3. The highest BCUT2D eigenvalue weighted by atomic mass is 35.5. The highest BCUT2D eigenvalue weighted by Gasteiger charge is 2.12. The van der Waals surface area contributed by atoms with Crippen molar-refractivity contribution in [1.82, 2.24) is 4.98 Å². The average molecular weight is 285 g/mol. The third kappa shape index (κ3) is 2.78. The molecule has 2 aromatic rings. The minimum absolute atomic E-state index is 0.136. The molecule has 1 aromatic carbocycles. The van der Waals surface area contributed by atoms with Gasteiger partial charge in [-0.15, -0.1) is 0 Å². The van der Waals surface area contributed by atoms with Gasteiger partial charge in [0.15, 0.2) is 0 Å². The number of rotatable bonds is 2. The zero-order chi connectivity index (χ0) is 13.1. The molecular weight excluding hydrogens is 278 g/mol. The molecule has 0 bridgehead atoms. The summed E-state index contributed by atoms with van der Waals surface area (Å²) in [6.45, 7) is 0. The Labute approximate surface area is 113 Å². The molecule has 1 heterocycles. The largest absolute Gasteiger partial charge is 0.322 e. The van der Waals surface area contributed by atoms with Gasteiger partial charge < -0.3 is 5.32 Å². The van der Waals surface area contributed by atoms with E-state index in [1.165, 1.54) is 24.4 Å². The Balaban J connectivity index is 2.22. The van der Waals surface area contributed by atoms with E-state index in [2.05, 4.69) is 10.3 Å². The highest BCUT2D eigenvalue weighted by Crippen LogP contribution is 2.25. The molecule has 1 aromatic heterocycles. The van der Waals surface area contributed by atoms with Crippen molar-refractivity contribution in [1.29, 1.82) is 0 Å². The lowest BCUT2D eigenvalue weighted by molar-refractivity contribution is 0.102. The Bertz CT molecular complexity index is 604. The lowest BCUT2D eigenvalue weighted by atomic mass is 10.2. The fourth-order valence-corrected chi connectivity index (χ4v) is 1.63. The Morgan fingerprint density at radius 2 is 2.00 bits per heavy atom. The van der Waals surface area contributed by atoms with Crippen molar-refractivity contribution in [3.8, 4) is 0 Å². The van der Waals surface area contributed by atoms with E-state index in [1.807, 2.05) is 0 Å². The number of hydrogen-bond donors (Lipinski definition) is 1. The molecule has 0 saturated carbocycles. The molecule has 0 spiro atoms. The highest BCUT2D eigenvalue weighted by molar-refractivity contribution is 6.42. The van der Waals surface area contributed by atoms with Crippen molar-refractivity contribution in [2.45, 2.75) is 0 Å². The molecule has 18 heavy (non-hydrogen) atoms. The average Bonchev–Trinajstić information content (AvgIpc) is 2.34. The zero-order valence-corrected chi connectivity index (χ0v) is 10.5. The summed E-state index contributed by atoms with van der Waals surface area (Å²) in [5.41, 5.74) is 0.293. The molecule has 0 saturated heterocycles. The first kappa shape index (κ1) is 12.8. The van der Waals surface area contributed by atoms with Gasteiger partial charge in [-0.1, -0.05) is 23.2 Å². The Morgan fingerprint density at radius 1 is 1.22 bits per heavy atom. The molecule has 1 N–H and O–H groups in total. The Kier molecular flexibility index (Phi) is 3.79. The Hall–Kier alpha value is -1.65. The predicted octanol–water partition coefficient (Wildman–Crippen LogP) is 3.78. The minimum atomic E-state index is -0.824. The molecule has 1 amide bonds. The predicted molar refractivity (Wildman–Crippen MR) is 68.6 cm³/mol. The van der Waals surface area contributed by atoms with Gasteiger partial charge in [0.1, 0.15) is 0 Å². The monoisotopic (exact) mass is 284 g/mol. The fourth-order valence-electron chi connectivity index (χ4n) is 1.33. The van der Waals surface area contributed by atoms with Crippen LogP contribution in [0.1, 0.15) is 10.4 Å². The van der Waals surface area contributed by atoms with Crippen LogP contribution in [0.25, 0.3) is 0 Å². The second kappa shape index (κ2) is 5.33. The molecule has 0 aliphatic carbocycles. The van der Waals surface area contributed by atoms with Gasteiger partial charge in [-0.3, -0.25) is 4.79 Å². The molecule has 6 heteroatoms. The molecule has 0 aliphatic heterocycles. The maximum Gasteiger partial charge on any atom is 0.260 e. The van der Waals surface area contributed by atoms with Crippen LogP contribution in [0, 0.1) is 5.95 Å². The van der Waals surface area contributed by atoms with Gasteiger partial charge >= 0.3 is 0 Å². The van der Waals surface area contributed by atoms with Gasteiger partial charge in [0, 0.05) is 11.9 Å². The van der Waals surface area contributed by atoms with Crippen molar-refractivity contribution in [2.75, 3.05) is 5.32 Å². The zero-order valence-electron chi connectivity index (χ0n) is 8.95. The third-order valence-corrected chi connectivity index (χ3v) is 2.92. The van der Waals surface area contributed by atoms with Crippen LogP contribution < -0.4 is 5.32 Å². The first-order valence-corrected chi connectivity index (χ1v) is 5.70. The third-order valence-electron chi connectivity index (χ3n) is 2.18. The van der Waals surface area contributed by atoms with Crippen LogP contribution in [0.2, 0.25) is 10.0 Å². The Morgan fingerprint density at radius 3 is 2.67 bits per heavy atom. The number of aromatic nitrogens is 1. The molecule has 0 aliphatic rings. The van der Waals surface area contributed by atoms with Crippen LogP contribution in [0.3, 0.4) is 0 Å². The van der Waals surface area contributed by atoms with Gasteiger partial charge in [-0.25, -0.2) is 4.98 Å². The lowest BCUT2D eigenvalue weighted by Gasteiger charge is -2.06. The first-order chi connectivity index (χ1) is 8.58. The molecule has 0 unspecified atom stereocenters. The summed E-state index contributed by atoms with van der Waals surface area (Å²) < 4.78 is 13.3. The van der Waals surface area contributed by atoms with Crippen molar-refractivity contribution in [3.05, 3.63) is 58.1 Å². The summed E-state index contributed by atoms with van der Waals surface area (Å²) in [6.07, 6.45) is 1.27. The molecule has 0 fully saturated rings.